The molecule has 0 aromatic carbocycles. The summed E-state index contributed by atoms with van der Waals surface area (Å²) in [5, 5.41) is 17.7. The molecule has 0 saturated carbocycles. The molecule has 310 valence electrons. The first-order valence-corrected chi connectivity index (χ1v) is 22.5. The van der Waals surface area contributed by atoms with E-state index in [9.17, 15) is 19.0 Å². The number of phosphoric acid groups is 1. The zero-order valence-corrected chi connectivity index (χ0v) is 34.6. The molecule has 0 radical (unpaired) electrons. The predicted octanol–water partition coefficient (Wildman–Crippen LogP) is 9.19. The van der Waals surface area contributed by atoms with Crippen molar-refractivity contribution in [1.82, 2.24) is 0 Å². The second kappa shape index (κ2) is 35.6. The van der Waals surface area contributed by atoms with E-state index in [2.05, 4.69) is 0 Å². The molecule has 52 heavy (non-hydrogen) atoms. The second-order valence-electron chi connectivity index (χ2n) is 15.5. The number of rotatable bonds is 40. The molecule has 0 aromatic rings. The van der Waals surface area contributed by atoms with E-state index in [1.54, 1.807) is 0 Å². The molecule has 0 aliphatic rings. The molecule has 2 atom stereocenters. The van der Waals surface area contributed by atoms with Gasteiger partial charge >= 0.3 is 19.8 Å². The Balaban J connectivity index is 4.33. The maximum absolute atomic E-state index is 12.6. The molecule has 0 bridgehead atoms. The molecule has 0 amide bonds. The Kier molecular flexibility index (Phi) is 34.9. The number of esters is 2. The lowest BCUT2D eigenvalue weighted by atomic mass is 10.0. The Labute approximate surface area is 318 Å². The van der Waals surface area contributed by atoms with Crippen molar-refractivity contribution in [3.63, 3.8) is 0 Å². The summed E-state index contributed by atoms with van der Waals surface area (Å²) in [6.07, 6.45) is 28.8. The van der Waals surface area contributed by atoms with E-state index in [4.69, 9.17) is 28.7 Å². The highest BCUT2D eigenvalue weighted by atomic mass is 31.2. The van der Waals surface area contributed by atoms with Crippen LogP contribution in [-0.4, -0.2) is 98.4 Å². The molecule has 12 heteroatoms. The molecule has 0 spiro atoms. The summed E-state index contributed by atoms with van der Waals surface area (Å²) in [5.74, 6) is -0.829. The molecule has 0 heterocycles. The molecule has 0 aromatic heterocycles. The molecule has 0 aliphatic heterocycles. The lowest BCUT2D eigenvalue weighted by Crippen LogP contribution is -2.37. The molecule has 3 N–H and O–H groups in total. The lowest BCUT2D eigenvalue weighted by Gasteiger charge is -2.24. The predicted molar refractivity (Wildman–Crippen MR) is 209 cm³/mol. The third-order valence-electron chi connectivity index (χ3n) is 9.25. The first-order chi connectivity index (χ1) is 25.0. The van der Waals surface area contributed by atoms with Crippen molar-refractivity contribution in [3.8, 4) is 0 Å². The van der Waals surface area contributed by atoms with E-state index in [0.29, 0.717) is 30.7 Å². The number of ether oxygens (including phenoxy) is 2. The topological polar surface area (TPSA) is 149 Å². The van der Waals surface area contributed by atoms with Crippen LogP contribution in [0.3, 0.4) is 0 Å². The van der Waals surface area contributed by atoms with Crippen LogP contribution in [0.5, 0.6) is 0 Å². The Hall–Kier alpha value is -1.07. The minimum absolute atomic E-state index is 0.0234. The Morgan fingerprint density at radius 2 is 0.865 bits per heavy atom. The number of phosphoric ester groups is 1. The summed E-state index contributed by atoms with van der Waals surface area (Å²) in [4.78, 5) is 35.2. The third-order valence-corrected chi connectivity index (χ3v) is 10.2. The van der Waals surface area contributed by atoms with Gasteiger partial charge in [0.1, 0.15) is 19.8 Å². The molecular weight excluding hydrogens is 685 g/mol. The summed E-state index contributed by atoms with van der Waals surface area (Å²) in [5.41, 5.74) is 0. The third kappa shape index (κ3) is 38.6. The van der Waals surface area contributed by atoms with Gasteiger partial charge in [0.05, 0.1) is 27.7 Å². The van der Waals surface area contributed by atoms with Gasteiger partial charge in [0.2, 0.25) is 0 Å². The summed E-state index contributed by atoms with van der Waals surface area (Å²) in [6, 6.07) is 0. The number of carbonyl (C=O) groups excluding carboxylic acids is 2. The fourth-order valence-corrected chi connectivity index (χ4v) is 6.66. The van der Waals surface area contributed by atoms with E-state index in [0.717, 1.165) is 70.6 Å². The summed E-state index contributed by atoms with van der Waals surface area (Å²) >= 11 is 0. The first-order valence-electron chi connectivity index (χ1n) is 21.0. The largest absolute Gasteiger partial charge is 0.472 e. The SMILES string of the molecule is C[N+](C)(C)CCOP(=O)(O)OCC(COC(=O)CCCCCCCCCCCCCCCO)OC(=O)CCCCCCCCCCCCCCCO. The normalized spacial score (nSPS) is 13.6. The zero-order chi connectivity index (χ0) is 38.6. The number of nitrogens with zero attached hydrogens (tertiary/aromatic N) is 1. The van der Waals surface area contributed by atoms with Crippen molar-refractivity contribution < 1.29 is 52.3 Å². The average molecular weight is 767 g/mol. The van der Waals surface area contributed by atoms with Crippen LogP contribution in [0.15, 0.2) is 0 Å². The maximum atomic E-state index is 12.6. The standard InChI is InChI=1S/C40H80NO10P/c1-41(2,3)32-35-49-52(46,47)50-37-38(51-40(45)31-27-23-19-15-11-7-5-9-13-17-21-25-29-34-43)36-48-39(44)30-26-22-18-14-10-6-4-8-12-16-20-24-28-33-42/h38,42-43H,4-37H2,1-3H3/p+1. The molecule has 0 fully saturated rings. The number of hydrogen-bond acceptors (Lipinski definition) is 9. The number of carbonyl (C=O) groups is 2. The maximum Gasteiger partial charge on any atom is 0.472 e. The Morgan fingerprint density at radius 1 is 0.519 bits per heavy atom. The van der Waals surface area contributed by atoms with Crippen LogP contribution in [0.2, 0.25) is 0 Å². The number of quaternary nitrogens is 1. The van der Waals surface area contributed by atoms with Crippen LogP contribution in [0.4, 0.5) is 0 Å². The van der Waals surface area contributed by atoms with Crippen LogP contribution in [0.25, 0.3) is 0 Å². The molecule has 0 rings (SSSR count). The molecule has 0 saturated heterocycles. The minimum Gasteiger partial charge on any atom is -0.462 e. The van der Waals surface area contributed by atoms with E-state index in [-0.39, 0.29) is 32.0 Å². The number of hydrogen-bond donors (Lipinski definition) is 3. The van der Waals surface area contributed by atoms with Gasteiger partial charge in [-0.25, -0.2) is 4.57 Å². The highest BCUT2D eigenvalue weighted by Crippen LogP contribution is 2.43. The van der Waals surface area contributed by atoms with E-state index in [1.807, 2.05) is 21.1 Å². The number of likely N-dealkylation sites (N-methyl/N-ethyl adjacent to an activating group) is 1. The number of aliphatic hydroxyl groups is 2. The van der Waals surface area contributed by atoms with Gasteiger partial charge in [0, 0.05) is 26.1 Å². The van der Waals surface area contributed by atoms with E-state index < -0.39 is 26.5 Å². The van der Waals surface area contributed by atoms with Crippen molar-refractivity contribution in [3.05, 3.63) is 0 Å². The van der Waals surface area contributed by atoms with Gasteiger partial charge in [-0.1, -0.05) is 141 Å². The van der Waals surface area contributed by atoms with Crippen LogP contribution in [-0.2, 0) is 32.7 Å². The second-order valence-corrected chi connectivity index (χ2v) is 17.0. The lowest BCUT2D eigenvalue weighted by molar-refractivity contribution is -0.870. The Bertz CT molecular complexity index is 870. The van der Waals surface area contributed by atoms with Gasteiger partial charge in [0.15, 0.2) is 6.10 Å². The van der Waals surface area contributed by atoms with Gasteiger partial charge in [0.25, 0.3) is 0 Å². The monoisotopic (exact) mass is 767 g/mol. The summed E-state index contributed by atoms with van der Waals surface area (Å²) in [6.45, 7) is 0.471. The van der Waals surface area contributed by atoms with Gasteiger partial charge < -0.3 is 29.1 Å². The van der Waals surface area contributed by atoms with Gasteiger partial charge in [-0.2, -0.15) is 0 Å². The Morgan fingerprint density at radius 3 is 1.23 bits per heavy atom. The highest BCUT2D eigenvalue weighted by Gasteiger charge is 2.27. The summed E-state index contributed by atoms with van der Waals surface area (Å²) < 4.78 is 34.2. The fourth-order valence-electron chi connectivity index (χ4n) is 5.92. The molecule has 11 nitrogen and oxygen atoms in total. The molecule has 2 unspecified atom stereocenters. The number of unbranched alkanes of at least 4 members (excludes halogenated alkanes) is 24. The molecule has 0 aliphatic carbocycles. The van der Waals surface area contributed by atoms with E-state index >= 15 is 0 Å². The van der Waals surface area contributed by atoms with Crippen LogP contribution in [0.1, 0.15) is 180 Å². The van der Waals surface area contributed by atoms with Crippen molar-refractivity contribution >= 4 is 19.8 Å². The van der Waals surface area contributed by atoms with Gasteiger partial charge in [-0.3, -0.25) is 18.6 Å². The quantitative estimate of drug-likeness (QED) is 0.0239. The summed E-state index contributed by atoms with van der Waals surface area (Å²) in [7, 11) is 1.44. The van der Waals surface area contributed by atoms with Crippen LogP contribution in [0, 0.1) is 0 Å². The first kappa shape index (κ1) is 50.9. The zero-order valence-electron chi connectivity index (χ0n) is 33.7. The number of aliphatic hydroxyl groups excluding tert-OH is 2. The van der Waals surface area contributed by atoms with Gasteiger partial charge in [-0.05, 0) is 25.7 Å². The minimum atomic E-state index is -4.38. The smallest absolute Gasteiger partial charge is 0.462 e. The van der Waals surface area contributed by atoms with Crippen LogP contribution < -0.4 is 0 Å². The molecular formula is C40H81NO10P+. The fraction of sp³-hybridized carbons (Fsp3) is 0.950. The van der Waals surface area contributed by atoms with Crippen molar-refractivity contribution in [2.75, 3.05) is 60.7 Å². The van der Waals surface area contributed by atoms with Crippen LogP contribution >= 0.6 is 7.82 Å². The average Bonchev–Trinajstić information content (AvgIpc) is 3.09. The van der Waals surface area contributed by atoms with Crippen molar-refractivity contribution in [2.24, 2.45) is 0 Å². The van der Waals surface area contributed by atoms with Crippen molar-refractivity contribution in [1.29, 1.82) is 0 Å². The highest BCUT2D eigenvalue weighted by molar-refractivity contribution is 7.47. The van der Waals surface area contributed by atoms with Crippen molar-refractivity contribution in [2.45, 2.75) is 186 Å². The van der Waals surface area contributed by atoms with E-state index in [1.165, 1.54) is 89.9 Å². The van der Waals surface area contributed by atoms with Gasteiger partial charge in [-0.15, -0.1) is 0 Å².